The molecule has 0 bridgehead atoms. The van der Waals surface area contributed by atoms with Gasteiger partial charge in [0.05, 0.1) is 5.54 Å². The Labute approximate surface area is 284 Å². The fourth-order valence-electron chi connectivity index (χ4n) is 3.95. The third kappa shape index (κ3) is 21.3. The summed E-state index contributed by atoms with van der Waals surface area (Å²) in [5.41, 5.74) is 4.68. The zero-order chi connectivity index (χ0) is 36.1. The first-order valence-corrected chi connectivity index (χ1v) is 15.9. The van der Waals surface area contributed by atoms with Gasteiger partial charge in [0, 0.05) is 63.4 Å². The number of rotatable bonds is 0. The van der Waals surface area contributed by atoms with Crippen molar-refractivity contribution < 1.29 is 13.7 Å². The van der Waals surface area contributed by atoms with Gasteiger partial charge in [0.25, 0.3) is 0 Å². The summed E-state index contributed by atoms with van der Waals surface area (Å²) in [7, 11) is 2.17. The molecule has 0 aliphatic carbocycles. The lowest BCUT2D eigenvalue weighted by molar-refractivity contribution is 0.277. The molecule has 0 spiro atoms. The number of aromatic nitrogens is 8. The Morgan fingerprint density at radius 1 is 0.771 bits per heavy atom. The lowest BCUT2D eigenvalue weighted by atomic mass is 10.1. The van der Waals surface area contributed by atoms with Crippen LogP contribution in [0.3, 0.4) is 0 Å². The van der Waals surface area contributed by atoms with Crippen LogP contribution in [0.25, 0.3) is 0 Å². The molecule has 266 valence electrons. The number of ether oxygens (including phenoxy) is 1. The van der Waals surface area contributed by atoms with Crippen LogP contribution in [0.1, 0.15) is 103 Å². The monoisotopic (exact) mass is 669 g/mol. The summed E-state index contributed by atoms with van der Waals surface area (Å²) >= 11 is 0. The van der Waals surface area contributed by atoms with Crippen LogP contribution in [-0.4, -0.2) is 101 Å². The summed E-state index contributed by atoms with van der Waals surface area (Å²) in [4.78, 5) is 14.6. The zero-order valence-corrected chi connectivity index (χ0v) is 31.1. The first-order chi connectivity index (χ1) is 22.5. The summed E-state index contributed by atoms with van der Waals surface area (Å²) in [6, 6.07) is 0. The molecular weight excluding hydrogens is 614 g/mol. The number of nitrogens with one attached hydrogen (secondary N) is 1. The minimum Gasteiger partial charge on any atom is -0.479 e. The highest BCUT2D eigenvalue weighted by Crippen LogP contribution is 2.15. The number of tetrazole rings is 1. The molecule has 0 unspecified atom stereocenters. The average Bonchev–Trinajstić information content (AvgIpc) is 3.87. The Morgan fingerprint density at radius 3 is 1.52 bits per heavy atom. The number of aromatic amines is 1. The fourth-order valence-corrected chi connectivity index (χ4v) is 3.95. The maximum absolute atomic E-state index is 5.12. The van der Waals surface area contributed by atoms with Crippen LogP contribution in [0.4, 0.5) is 0 Å². The standard InChI is InChI=1S/C6H11NO.C6H9N.C5H8N2.C5H11N.2C4H6N2O.C2H4N4/c1-5-7-6(2,3)4-8-5;1-5-3-4-6(2)7-5;1-4-3-5(2)7-6-4;1-6-4-2-3-5-6;1-3-5-6-4(2)7-3;1-3-5-4(2)7-6-3;1-2-3-5-6-4-2/h4H2,1-3H3;3H,4H2,1-2H3;3H2,1-2H3;2-5H2,1H3;2*1-2H3;1H3,(H,3,4,5,6). The molecule has 0 saturated carbocycles. The summed E-state index contributed by atoms with van der Waals surface area (Å²) in [6.45, 7) is 26.3. The molecule has 3 aromatic rings. The smallest absolute Gasteiger partial charge is 0.223 e. The maximum Gasteiger partial charge on any atom is 0.223 e. The Morgan fingerprint density at radius 2 is 1.38 bits per heavy atom. The van der Waals surface area contributed by atoms with Crippen LogP contribution in [0, 0.1) is 34.6 Å². The Balaban J connectivity index is 0.000000280. The van der Waals surface area contributed by atoms with Gasteiger partial charge in [-0.1, -0.05) is 16.4 Å². The van der Waals surface area contributed by atoms with Crippen molar-refractivity contribution in [3.05, 3.63) is 41.1 Å². The molecule has 0 amide bonds. The van der Waals surface area contributed by atoms with Gasteiger partial charge >= 0.3 is 0 Å². The molecule has 48 heavy (non-hydrogen) atoms. The van der Waals surface area contributed by atoms with E-state index in [1.165, 1.54) is 31.6 Å². The second kappa shape index (κ2) is 22.2. The molecule has 7 heterocycles. The van der Waals surface area contributed by atoms with Gasteiger partial charge in [-0.15, -0.1) is 20.4 Å². The van der Waals surface area contributed by atoms with Gasteiger partial charge in [0.1, 0.15) is 6.61 Å². The Bertz CT molecular complexity index is 1390. The van der Waals surface area contributed by atoms with Gasteiger partial charge in [-0.05, 0) is 88.4 Å². The van der Waals surface area contributed by atoms with Crippen molar-refractivity contribution in [2.24, 2.45) is 20.2 Å². The van der Waals surface area contributed by atoms with Crippen LogP contribution in [0.2, 0.25) is 0 Å². The van der Waals surface area contributed by atoms with E-state index in [1.54, 1.807) is 34.6 Å². The Hall–Kier alpha value is -4.47. The van der Waals surface area contributed by atoms with Gasteiger partial charge in [0.15, 0.2) is 17.5 Å². The number of likely N-dealkylation sites (tertiary alicyclic amines) is 1. The van der Waals surface area contributed by atoms with Crippen molar-refractivity contribution in [2.75, 3.05) is 26.7 Å². The number of H-pyrrole nitrogens is 1. The summed E-state index contributed by atoms with van der Waals surface area (Å²) in [6.07, 6.45) is 6.99. The van der Waals surface area contributed by atoms with Crippen LogP contribution < -0.4 is 0 Å². The van der Waals surface area contributed by atoms with Gasteiger partial charge < -0.3 is 18.6 Å². The third-order valence-electron chi connectivity index (χ3n) is 6.09. The van der Waals surface area contributed by atoms with Crippen LogP contribution in [0.15, 0.2) is 40.9 Å². The molecule has 3 aromatic heterocycles. The molecule has 0 radical (unpaired) electrons. The van der Waals surface area contributed by atoms with Gasteiger partial charge in [-0.3, -0.25) is 4.99 Å². The first kappa shape index (κ1) is 41.6. The summed E-state index contributed by atoms with van der Waals surface area (Å²) in [5, 5.41) is 31.1. The molecule has 4 aliphatic heterocycles. The van der Waals surface area contributed by atoms with Crippen molar-refractivity contribution >= 4 is 23.0 Å². The van der Waals surface area contributed by atoms with Crippen LogP contribution in [0.5, 0.6) is 0 Å². The highest BCUT2D eigenvalue weighted by atomic mass is 16.5. The minimum absolute atomic E-state index is 0.0318. The van der Waals surface area contributed by atoms with Crippen LogP contribution >= 0.6 is 0 Å². The summed E-state index contributed by atoms with van der Waals surface area (Å²) in [5.74, 6) is 4.05. The van der Waals surface area contributed by atoms with E-state index in [4.69, 9.17) is 9.15 Å². The van der Waals surface area contributed by atoms with Gasteiger partial charge in [-0.2, -0.15) is 20.4 Å². The number of aryl methyl sites for hydroxylation is 5. The molecule has 1 N–H and O–H groups in total. The number of hydrogen-bond acceptors (Lipinski definition) is 15. The van der Waals surface area contributed by atoms with E-state index < -0.39 is 0 Å². The molecule has 7 rings (SSSR count). The quantitative estimate of drug-likeness (QED) is 0.304. The number of nitrogens with zero attached hydrogens (tertiary/aromatic N) is 12. The lowest BCUT2D eigenvalue weighted by Gasteiger charge is -2.07. The van der Waals surface area contributed by atoms with E-state index >= 15 is 0 Å². The van der Waals surface area contributed by atoms with E-state index in [0.717, 1.165) is 42.5 Å². The zero-order valence-electron chi connectivity index (χ0n) is 31.1. The number of allylic oxidation sites excluding steroid dienone is 2. The predicted molar refractivity (Wildman–Crippen MR) is 189 cm³/mol. The van der Waals surface area contributed by atoms with Crippen molar-refractivity contribution in [3.63, 3.8) is 0 Å². The van der Waals surface area contributed by atoms with E-state index in [9.17, 15) is 0 Å². The second-order valence-corrected chi connectivity index (χ2v) is 12.1. The van der Waals surface area contributed by atoms with Crippen molar-refractivity contribution in [3.8, 4) is 0 Å². The van der Waals surface area contributed by atoms with Crippen LogP contribution in [-0.2, 0) is 4.74 Å². The topological polar surface area (TPSA) is 194 Å². The summed E-state index contributed by atoms with van der Waals surface area (Å²) < 4.78 is 14.6. The molecule has 4 aliphatic rings. The molecule has 0 aromatic carbocycles. The molecule has 16 nitrogen and oxygen atoms in total. The fraction of sp³-hybridized carbons (Fsp3) is 0.656. The number of hydrogen-bond donors (Lipinski definition) is 1. The highest BCUT2D eigenvalue weighted by Gasteiger charge is 2.23. The molecule has 16 heteroatoms. The highest BCUT2D eigenvalue weighted by molar-refractivity contribution is 6.05. The first-order valence-electron chi connectivity index (χ1n) is 15.9. The number of aliphatic imine (C=N–C) groups is 2. The normalized spacial score (nSPS) is 16.7. The van der Waals surface area contributed by atoms with Gasteiger partial charge in [0.2, 0.25) is 17.7 Å². The van der Waals surface area contributed by atoms with E-state index in [2.05, 4.69) is 97.5 Å². The minimum atomic E-state index is 0.0318. The van der Waals surface area contributed by atoms with Crippen molar-refractivity contribution in [1.29, 1.82) is 0 Å². The van der Waals surface area contributed by atoms with Crippen molar-refractivity contribution in [1.82, 2.24) is 45.9 Å². The predicted octanol–water partition coefficient (Wildman–Crippen LogP) is 5.79. The third-order valence-corrected chi connectivity index (χ3v) is 6.09. The molecular formula is C32H55N13O3. The molecule has 1 fully saturated rings. The second-order valence-electron chi connectivity index (χ2n) is 12.1. The molecule has 0 atom stereocenters. The molecule has 1 saturated heterocycles. The van der Waals surface area contributed by atoms with E-state index in [1.807, 2.05) is 34.6 Å². The van der Waals surface area contributed by atoms with E-state index in [-0.39, 0.29) is 5.54 Å². The maximum atomic E-state index is 5.12. The SMILES string of the molecule is CC1=CCC(C)=N1.CC1=NC(C)(C)CO1.CC1=NN=C(C)C1.CN1CCCC1.Cc1nn[nH]n1.Cc1nnc(C)o1.Cc1noc(C)n1. The largest absolute Gasteiger partial charge is 0.479 e. The average molecular weight is 670 g/mol. The van der Waals surface area contributed by atoms with E-state index in [0.29, 0.717) is 29.3 Å². The Kier molecular flexibility index (Phi) is 19.2. The van der Waals surface area contributed by atoms with Crippen molar-refractivity contribution in [2.45, 2.75) is 114 Å². The lowest BCUT2D eigenvalue weighted by Crippen LogP contribution is -2.17. The van der Waals surface area contributed by atoms with Gasteiger partial charge in [-0.25, -0.2) is 4.99 Å².